The molecule has 7 atom stereocenters. The van der Waals surface area contributed by atoms with Gasteiger partial charge in [-0.3, -0.25) is 19.2 Å². The highest BCUT2D eigenvalue weighted by molar-refractivity contribution is 5.99. The van der Waals surface area contributed by atoms with Crippen LogP contribution in [0.2, 0.25) is 0 Å². The van der Waals surface area contributed by atoms with Gasteiger partial charge in [0.2, 0.25) is 17.7 Å². The van der Waals surface area contributed by atoms with E-state index in [-0.39, 0.29) is 30.7 Å². The van der Waals surface area contributed by atoms with Gasteiger partial charge in [-0.2, -0.15) is 0 Å². The highest BCUT2D eigenvalue weighted by atomic mass is 16.6. The fourth-order valence-corrected chi connectivity index (χ4v) is 7.51. The van der Waals surface area contributed by atoms with Gasteiger partial charge in [-0.15, -0.1) is 0 Å². The number of fused-ring (bicyclic) bond motifs is 2. The molecule has 2 fully saturated rings. The van der Waals surface area contributed by atoms with Gasteiger partial charge in [0, 0.05) is 32.7 Å². The fourth-order valence-electron chi connectivity index (χ4n) is 7.51. The number of nitrogens with zero attached hydrogens (tertiary/aromatic N) is 2. The molecule has 248 valence electrons. The van der Waals surface area contributed by atoms with Crippen LogP contribution in [0.4, 0.5) is 0 Å². The lowest BCUT2D eigenvalue weighted by Crippen LogP contribution is -2.55. The molecule has 2 aromatic carbocycles. The van der Waals surface area contributed by atoms with Gasteiger partial charge >= 0.3 is 5.97 Å². The molecule has 0 unspecified atom stereocenters. The zero-order valence-electron chi connectivity index (χ0n) is 26.7. The molecule has 0 aromatic heterocycles. The summed E-state index contributed by atoms with van der Waals surface area (Å²) in [5.74, 6) is -3.35. The van der Waals surface area contributed by atoms with E-state index in [2.05, 4.69) is 5.32 Å². The van der Waals surface area contributed by atoms with Crippen molar-refractivity contribution in [2.24, 2.45) is 11.8 Å². The Morgan fingerprint density at radius 1 is 0.936 bits per heavy atom. The van der Waals surface area contributed by atoms with Gasteiger partial charge in [-0.25, -0.2) is 0 Å². The van der Waals surface area contributed by atoms with Crippen LogP contribution in [0, 0.1) is 11.8 Å². The highest BCUT2D eigenvalue weighted by Gasteiger charge is 2.71. The molecule has 0 bridgehead atoms. The Morgan fingerprint density at radius 3 is 2.43 bits per heavy atom. The number of hydrogen-bond acceptors (Lipinski definition) is 7. The van der Waals surface area contributed by atoms with Crippen LogP contribution in [0.5, 0.6) is 0 Å². The summed E-state index contributed by atoms with van der Waals surface area (Å²) >= 11 is 0. The van der Waals surface area contributed by atoms with Crippen LogP contribution < -0.4 is 5.32 Å². The van der Waals surface area contributed by atoms with Crippen LogP contribution in [0.15, 0.2) is 85.0 Å². The van der Waals surface area contributed by atoms with E-state index >= 15 is 0 Å². The van der Waals surface area contributed by atoms with Crippen molar-refractivity contribution >= 4 is 23.7 Å². The van der Waals surface area contributed by atoms with Crippen molar-refractivity contribution in [1.82, 2.24) is 15.1 Å². The lowest BCUT2D eigenvalue weighted by atomic mass is 9.77. The summed E-state index contributed by atoms with van der Waals surface area (Å²) in [6.45, 7) is 2.82. The standard InChI is InChI=1S/C37H43N3O7/c1-25-32(27-16-7-3-8-17-27)46-36(45)30-28(18-9-10-19-29(42)38-25)47-37-20-13-21-39(24-26-14-5-2-6-15-26)35(44)33(37)40(34(43)31(30)37)22-11-4-12-23-41/h2-3,5-9,13-18,20,25,28,30-33,41H,4,10-12,19,21-24H2,1H3,(H,38,42)/b18-9-/t25-,28-,30+,31+,32+,33-,37+/m1/s1. The summed E-state index contributed by atoms with van der Waals surface area (Å²) in [7, 11) is 0. The number of benzene rings is 2. The molecule has 6 rings (SSSR count). The molecule has 10 nitrogen and oxygen atoms in total. The summed E-state index contributed by atoms with van der Waals surface area (Å²) in [6.07, 6.45) is 8.11. The van der Waals surface area contributed by atoms with Crippen LogP contribution in [0.25, 0.3) is 0 Å². The van der Waals surface area contributed by atoms with Crippen LogP contribution in [0.3, 0.4) is 0 Å². The van der Waals surface area contributed by atoms with Crippen molar-refractivity contribution in [3.05, 3.63) is 96.1 Å². The molecular formula is C37H43N3O7. The Labute approximate surface area is 275 Å². The number of hydrogen-bond donors (Lipinski definition) is 2. The average molecular weight is 642 g/mol. The van der Waals surface area contributed by atoms with Crippen molar-refractivity contribution in [3.8, 4) is 0 Å². The monoisotopic (exact) mass is 641 g/mol. The minimum absolute atomic E-state index is 0.0446. The average Bonchev–Trinajstić information content (AvgIpc) is 3.46. The second kappa shape index (κ2) is 14.2. The van der Waals surface area contributed by atoms with E-state index in [0.717, 1.165) is 5.56 Å². The van der Waals surface area contributed by atoms with Crippen molar-refractivity contribution in [3.63, 3.8) is 0 Å². The van der Waals surface area contributed by atoms with E-state index < -0.39 is 47.7 Å². The topological polar surface area (TPSA) is 125 Å². The van der Waals surface area contributed by atoms with Crippen molar-refractivity contribution in [2.45, 2.75) is 75.5 Å². The zero-order valence-corrected chi connectivity index (χ0v) is 26.7. The van der Waals surface area contributed by atoms with E-state index in [9.17, 15) is 24.3 Å². The van der Waals surface area contributed by atoms with Gasteiger partial charge in [-0.1, -0.05) is 85.0 Å². The van der Waals surface area contributed by atoms with Gasteiger partial charge in [0.15, 0.2) is 0 Å². The third-order valence-electron chi connectivity index (χ3n) is 9.70. The summed E-state index contributed by atoms with van der Waals surface area (Å²) in [6, 6.07) is 17.4. The second-order valence-electron chi connectivity index (χ2n) is 12.9. The van der Waals surface area contributed by atoms with E-state index in [1.165, 1.54) is 0 Å². The van der Waals surface area contributed by atoms with Crippen LogP contribution in [0.1, 0.15) is 56.3 Å². The zero-order chi connectivity index (χ0) is 33.0. The number of amides is 3. The third-order valence-corrected chi connectivity index (χ3v) is 9.70. The SMILES string of the molecule is C[C@H]1NC(=O)CC/C=C\[C@H]2O[C@]34C=CCN(Cc5ccccc5)C(=O)[C@H]3N(CCCCCO)C(=O)[C@@H]4[C@H]2C(=O)O[C@@H]1c1ccccc1. The number of unbranched alkanes of at least 4 members (excludes halogenated alkanes) is 2. The lowest BCUT2D eigenvalue weighted by Gasteiger charge is -2.35. The fraction of sp³-hybridized carbons (Fsp3) is 0.459. The van der Waals surface area contributed by atoms with Crippen LogP contribution in [-0.4, -0.2) is 82.1 Å². The normalized spacial score (nSPS) is 31.5. The molecule has 1 spiro atoms. The van der Waals surface area contributed by atoms with Gasteiger partial charge in [0.05, 0.1) is 18.1 Å². The quantitative estimate of drug-likeness (QED) is 0.257. The molecule has 4 aliphatic rings. The van der Waals surface area contributed by atoms with Crippen molar-refractivity contribution in [1.29, 1.82) is 0 Å². The largest absolute Gasteiger partial charge is 0.455 e. The number of allylic oxidation sites excluding steroid dienone is 1. The molecule has 0 radical (unpaired) electrons. The van der Waals surface area contributed by atoms with Crippen molar-refractivity contribution < 1.29 is 33.8 Å². The first-order valence-corrected chi connectivity index (χ1v) is 16.6. The summed E-state index contributed by atoms with van der Waals surface area (Å²) < 4.78 is 13.0. The number of rotatable bonds is 8. The lowest BCUT2D eigenvalue weighted by molar-refractivity contribution is -0.161. The number of likely N-dealkylation sites (tertiary alicyclic amines) is 1. The van der Waals surface area contributed by atoms with Gasteiger partial charge < -0.3 is 29.7 Å². The summed E-state index contributed by atoms with van der Waals surface area (Å²) in [4.78, 5) is 59.6. The first-order valence-electron chi connectivity index (χ1n) is 16.6. The van der Waals surface area contributed by atoms with Crippen LogP contribution in [-0.2, 0) is 35.2 Å². The number of carbonyl (C=O) groups excluding carboxylic acids is 4. The summed E-state index contributed by atoms with van der Waals surface area (Å²) in [5, 5.41) is 12.3. The molecule has 2 saturated heterocycles. The van der Waals surface area contributed by atoms with E-state index in [1.807, 2.05) is 72.8 Å². The predicted molar refractivity (Wildman–Crippen MR) is 173 cm³/mol. The molecule has 2 N–H and O–H groups in total. The Hall–Kier alpha value is -4.28. The smallest absolute Gasteiger partial charge is 0.313 e. The molecule has 4 heterocycles. The molecule has 3 amide bonds. The maximum absolute atomic E-state index is 14.6. The first-order chi connectivity index (χ1) is 22.8. The number of nitrogens with one attached hydrogen (secondary N) is 1. The predicted octanol–water partition coefficient (Wildman–Crippen LogP) is 3.47. The Kier molecular flexibility index (Phi) is 9.89. The number of ether oxygens (including phenoxy) is 2. The molecule has 2 aromatic rings. The maximum Gasteiger partial charge on any atom is 0.313 e. The number of aliphatic hydroxyl groups is 1. The molecule has 10 heteroatoms. The number of cyclic esters (lactones) is 1. The molecular weight excluding hydrogens is 598 g/mol. The Morgan fingerprint density at radius 2 is 1.68 bits per heavy atom. The van der Waals surface area contributed by atoms with Crippen molar-refractivity contribution in [2.75, 3.05) is 19.7 Å². The molecule has 47 heavy (non-hydrogen) atoms. The third kappa shape index (κ3) is 6.49. The molecule has 0 saturated carbocycles. The van der Waals surface area contributed by atoms with Gasteiger partial charge in [0.1, 0.15) is 23.7 Å². The van der Waals surface area contributed by atoms with Crippen LogP contribution >= 0.6 is 0 Å². The highest BCUT2D eigenvalue weighted by Crippen LogP contribution is 2.53. The Bertz CT molecular complexity index is 1510. The molecule has 4 aliphatic heterocycles. The van der Waals surface area contributed by atoms with Gasteiger partial charge in [0.25, 0.3) is 0 Å². The van der Waals surface area contributed by atoms with E-state index in [4.69, 9.17) is 9.47 Å². The molecule has 0 aliphatic carbocycles. The van der Waals surface area contributed by atoms with Gasteiger partial charge in [-0.05, 0) is 43.7 Å². The number of esters is 1. The number of carbonyl (C=O) groups is 4. The maximum atomic E-state index is 14.6. The minimum Gasteiger partial charge on any atom is -0.455 e. The van der Waals surface area contributed by atoms with E-state index in [0.29, 0.717) is 50.9 Å². The minimum atomic E-state index is -1.39. The first kappa shape index (κ1) is 32.7. The number of aliphatic hydroxyl groups excluding tert-OH is 1. The summed E-state index contributed by atoms with van der Waals surface area (Å²) in [5.41, 5.74) is 0.288. The van der Waals surface area contributed by atoms with E-state index in [1.54, 1.807) is 28.9 Å². The Balaban J connectivity index is 1.39. The second-order valence-corrected chi connectivity index (χ2v) is 12.9.